The summed E-state index contributed by atoms with van der Waals surface area (Å²) in [6.45, 7) is 1.56. The lowest BCUT2D eigenvalue weighted by molar-refractivity contribution is -0.133. The van der Waals surface area contributed by atoms with Crippen LogP contribution in [0.5, 0.6) is 0 Å². The molecule has 190 valence electrons. The Hall–Kier alpha value is -4.16. The largest absolute Gasteiger partial charge is 0.383 e. The molecule has 0 aliphatic rings. The highest BCUT2D eigenvalue weighted by atomic mass is 16.5. The van der Waals surface area contributed by atoms with Crippen LogP contribution in [0.3, 0.4) is 0 Å². The maximum atomic E-state index is 13.6. The van der Waals surface area contributed by atoms with Crippen LogP contribution in [0.2, 0.25) is 0 Å². The van der Waals surface area contributed by atoms with Crippen LogP contribution in [0, 0.1) is 0 Å². The zero-order valence-electron chi connectivity index (χ0n) is 21.4. The number of carbonyl (C=O) groups is 2. The van der Waals surface area contributed by atoms with Gasteiger partial charge in [0.25, 0.3) is 5.91 Å². The van der Waals surface area contributed by atoms with E-state index in [9.17, 15) is 9.59 Å². The SMILES string of the molecule is COCCN(CC(=O)N(Cc1ccccc1)Cc1cccn1C)C(=O)c1ccc(-c2ccccc2)cc1. The Morgan fingerprint density at radius 2 is 1.41 bits per heavy atom. The van der Waals surface area contributed by atoms with Gasteiger partial charge in [0, 0.05) is 44.7 Å². The van der Waals surface area contributed by atoms with E-state index in [0.717, 1.165) is 22.4 Å². The molecule has 0 saturated heterocycles. The number of aryl methyl sites for hydroxylation is 1. The molecule has 0 spiro atoms. The highest BCUT2D eigenvalue weighted by Crippen LogP contribution is 2.20. The van der Waals surface area contributed by atoms with Crippen molar-refractivity contribution in [3.8, 4) is 11.1 Å². The fourth-order valence-electron chi connectivity index (χ4n) is 4.23. The maximum Gasteiger partial charge on any atom is 0.254 e. The van der Waals surface area contributed by atoms with E-state index in [1.54, 1.807) is 16.9 Å². The number of amides is 2. The van der Waals surface area contributed by atoms with E-state index in [0.29, 0.717) is 31.8 Å². The van der Waals surface area contributed by atoms with Gasteiger partial charge in [-0.1, -0.05) is 72.8 Å². The van der Waals surface area contributed by atoms with Gasteiger partial charge in [-0.3, -0.25) is 9.59 Å². The number of carbonyl (C=O) groups excluding carboxylic acids is 2. The van der Waals surface area contributed by atoms with Gasteiger partial charge >= 0.3 is 0 Å². The molecule has 0 aliphatic carbocycles. The third-order valence-electron chi connectivity index (χ3n) is 6.39. The van der Waals surface area contributed by atoms with E-state index >= 15 is 0 Å². The highest BCUT2D eigenvalue weighted by Gasteiger charge is 2.23. The Morgan fingerprint density at radius 3 is 2.03 bits per heavy atom. The van der Waals surface area contributed by atoms with E-state index in [1.165, 1.54) is 0 Å². The first-order chi connectivity index (χ1) is 18.0. The number of ether oxygens (including phenoxy) is 1. The topological polar surface area (TPSA) is 54.8 Å². The number of methoxy groups -OCH3 is 1. The van der Waals surface area contributed by atoms with Crippen LogP contribution in [0.25, 0.3) is 11.1 Å². The first kappa shape index (κ1) is 25.9. The molecule has 0 saturated carbocycles. The molecule has 2 amide bonds. The van der Waals surface area contributed by atoms with E-state index in [-0.39, 0.29) is 18.4 Å². The number of nitrogens with zero attached hydrogens (tertiary/aromatic N) is 3. The van der Waals surface area contributed by atoms with Gasteiger partial charge in [-0.25, -0.2) is 0 Å². The summed E-state index contributed by atoms with van der Waals surface area (Å²) in [7, 11) is 3.56. The molecule has 0 unspecified atom stereocenters. The van der Waals surface area contributed by atoms with Crippen molar-refractivity contribution >= 4 is 11.8 Å². The minimum Gasteiger partial charge on any atom is -0.383 e. The molecular weight excluding hydrogens is 462 g/mol. The predicted molar refractivity (Wildman–Crippen MR) is 146 cm³/mol. The van der Waals surface area contributed by atoms with Gasteiger partial charge in [0.05, 0.1) is 13.2 Å². The summed E-state index contributed by atoms with van der Waals surface area (Å²) in [5.74, 6) is -0.307. The fraction of sp³-hybridized carbons (Fsp3) is 0.226. The zero-order valence-corrected chi connectivity index (χ0v) is 21.4. The second-order valence-corrected chi connectivity index (χ2v) is 9.01. The lowest BCUT2D eigenvalue weighted by Gasteiger charge is -2.28. The Balaban J connectivity index is 1.52. The van der Waals surface area contributed by atoms with Crippen LogP contribution < -0.4 is 0 Å². The predicted octanol–water partition coefficient (Wildman–Crippen LogP) is 5.01. The average molecular weight is 496 g/mol. The number of hydrogen-bond donors (Lipinski definition) is 0. The van der Waals surface area contributed by atoms with Crippen LogP contribution >= 0.6 is 0 Å². The van der Waals surface area contributed by atoms with Crippen molar-refractivity contribution in [2.45, 2.75) is 13.1 Å². The fourth-order valence-corrected chi connectivity index (χ4v) is 4.23. The third-order valence-corrected chi connectivity index (χ3v) is 6.39. The van der Waals surface area contributed by atoms with Crippen molar-refractivity contribution < 1.29 is 14.3 Å². The molecule has 0 fully saturated rings. The molecule has 1 aromatic heterocycles. The number of hydrogen-bond acceptors (Lipinski definition) is 3. The van der Waals surface area contributed by atoms with Crippen molar-refractivity contribution in [1.82, 2.24) is 14.4 Å². The molecule has 0 bridgehead atoms. The standard InChI is InChI=1S/C31H33N3O3/c1-32-19-9-14-29(32)23-34(22-25-10-5-3-6-11-25)30(35)24-33(20-21-37-2)31(36)28-17-15-27(16-18-28)26-12-7-4-8-13-26/h3-19H,20-24H2,1-2H3. The summed E-state index contributed by atoms with van der Waals surface area (Å²) in [6, 6.07) is 31.4. The molecular formula is C31H33N3O3. The summed E-state index contributed by atoms with van der Waals surface area (Å²) >= 11 is 0. The van der Waals surface area contributed by atoms with Gasteiger partial charge in [0.1, 0.15) is 6.54 Å². The molecule has 1 heterocycles. The zero-order chi connectivity index (χ0) is 26.0. The average Bonchev–Trinajstić information content (AvgIpc) is 3.35. The van der Waals surface area contributed by atoms with Gasteiger partial charge in [-0.15, -0.1) is 0 Å². The number of benzene rings is 3. The van der Waals surface area contributed by atoms with Crippen molar-refractivity contribution in [2.75, 3.05) is 26.8 Å². The maximum absolute atomic E-state index is 13.6. The van der Waals surface area contributed by atoms with Gasteiger partial charge < -0.3 is 19.1 Å². The Labute approximate surface area is 218 Å². The summed E-state index contributed by atoms with van der Waals surface area (Å²) < 4.78 is 7.26. The molecule has 0 radical (unpaired) electrons. The quantitative estimate of drug-likeness (QED) is 0.294. The van der Waals surface area contributed by atoms with Crippen molar-refractivity contribution in [3.05, 3.63) is 120 Å². The van der Waals surface area contributed by atoms with Crippen LogP contribution in [-0.4, -0.2) is 53.0 Å². The van der Waals surface area contributed by atoms with Crippen LogP contribution in [0.4, 0.5) is 0 Å². The number of aromatic nitrogens is 1. The first-order valence-electron chi connectivity index (χ1n) is 12.4. The van der Waals surface area contributed by atoms with Gasteiger partial charge in [0.2, 0.25) is 5.91 Å². The summed E-state index contributed by atoms with van der Waals surface area (Å²) in [5.41, 5.74) is 4.73. The van der Waals surface area contributed by atoms with Gasteiger partial charge in [0.15, 0.2) is 0 Å². The van der Waals surface area contributed by atoms with Gasteiger partial charge in [-0.05, 0) is 41.0 Å². The van der Waals surface area contributed by atoms with E-state index in [4.69, 9.17) is 4.74 Å². The third kappa shape index (κ3) is 6.96. The van der Waals surface area contributed by atoms with E-state index in [1.807, 2.05) is 115 Å². The minimum absolute atomic E-state index is 0.0279. The summed E-state index contributed by atoms with van der Waals surface area (Å²) in [5, 5.41) is 0. The lowest BCUT2D eigenvalue weighted by atomic mass is 10.0. The van der Waals surface area contributed by atoms with Crippen molar-refractivity contribution in [3.63, 3.8) is 0 Å². The first-order valence-corrected chi connectivity index (χ1v) is 12.4. The molecule has 4 rings (SSSR count). The Kier molecular flexibility index (Phi) is 8.89. The minimum atomic E-state index is -0.191. The molecule has 3 aromatic carbocycles. The van der Waals surface area contributed by atoms with E-state index < -0.39 is 0 Å². The molecule has 6 nitrogen and oxygen atoms in total. The van der Waals surface area contributed by atoms with Crippen molar-refractivity contribution in [2.24, 2.45) is 7.05 Å². The molecule has 37 heavy (non-hydrogen) atoms. The smallest absolute Gasteiger partial charge is 0.254 e. The molecule has 0 N–H and O–H groups in total. The Bertz CT molecular complexity index is 1280. The Morgan fingerprint density at radius 1 is 0.757 bits per heavy atom. The molecule has 6 heteroatoms. The molecule has 0 aliphatic heterocycles. The van der Waals surface area contributed by atoms with Crippen LogP contribution in [-0.2, 0) is 29.7 Å². The van der Waals surface area contributed by atoms with Crippen LogP contribution in [0.1, 0.15) is 21.6 Å². The normalized spacial score (nSPS) is 10.8. The number of rotatable bonds is 11. The highest BCUT2D eigenvalue weighted by molar-refractivity contribution is 5.97. The summed E-state index contributed by atoms with van der Waals surface area (Å²) in [4.78, 5) is 30.5. The second-order valence-electron chi connectivity index (χ2n) is 9.01. The second kappa shape index (κ2) is 12.7. The molecule has 4 aromatic rings. The molecule has 0 atom stereocenters. The van der Waals surface area contributed by atoms with Crippen molar-refractivity contribution in [1.29, 1.82) is 0 Å². The van der Waals surface area contributed by atoms with Crippen LogP contribution in [0.15, 0.2) is 103 Å². The van der Waals surface area contributed by atoms with E-state index in [2.05, 4.69) is 0 Å². The lowest BCUT2D eigenvalue weighted by Crippen LogP contribution is -2.43. The van der Waals surface area contributed by atoms with Gasteiger partial charge in [-0.2, -0.15) is 0 Å². The summed E-state index contributed by atoms with van der Waals surface area (Å²) in [6.07, 6.45) is 1.97. The monoisotopic (exact) mass is 495 g/mol.